The minimum Gasteiger partial charge on any atom is -0.388 e. The van der Waals surface area contributed by atoms with Gasteiger partial charge in [0.25, 0.3) is 0 Å². The van der Waals surface area contributed by atoms with E-state index in [-0.39, 0.29) is 29.5 Å². The fraction of sp³-hybridized carbons (Fsp3) is 0.200. The Morgan fingerprint density at radius 1 is 0.794 bits per heavy atom. The smallest absolute Gasteiger partial charge is 0.129 e. The zero-order chi connectivity index (χ0) is 23.7. The monoisotopic (exact) mass is 454 g/mol. The van der Waals surface area contributed by atoms with Gasteiger partial charge in [-0.3, -0.25) is 0 Å². The molecule has 0 amide bonds. The van der Waals surface area contributed by atoms with Crippen LogP contribution in [0.15, 0.2) is 97.1 Å². The van der Waals surface area contributed by atoms with Gasteiger partial charge in [0.1, 0.15) is 11.6 Å². The average molecular weight is 455 g/mol. The summed E-state index contributed by atoms with van der Waals surface area (Å²) in [5, 5.41) is 3.02. The lowest BCUT2D eigenvalue weighted by atomic mass is 9.68. The molecule has 0 bridgehead atoms. The van der Waals surface area contributed by atoms with E-state index in [1.807, 2.05) is 61.6 Å². The van der Waals surface area contributed by atoms with Crippen molar-refractivity contribution in [1.29, 1.82) is 0 Å². The third kappa shape index (κ3) is 4.05. The Labute approximate surface area is 199 Å². The van der Waals surface area contributed by atoms with Crippen LogP contribution in [0.25, 0.3) is 0 Å². The number of likely N-dealkylation sites (N-methyl/N-ethyl adjacent to an activating group) is 1. The molecule has 4 aromatic rings. The highest BCUT2D eigenvalue weighted by molar-refractivity contribution is 5.64. The number of rotatable bonds is 5. The molecule has 0 saturated heterocycles. The molecule has 5 rings (SSSR count). The van der Waals surface area contributed by atoms with Crippen LogP contribution in [0.1, 0.15) is 34.1 Å². The van der Waals surface area contributed by atoms with Crippen molar-refractivity contribution in [2.45, 2.75) is 24.3 Å². The first-order valence-corrected chi connectivity index (χ1v) is 11.6. The first-order valence-electron chi connectivity index (χ1n) is 11.6. The van der Waals surface area contributed by atoms with Gasteiger partial charge in [-0.05, 0) is 52.9 Å². The molecule has 1 heterocycles. The van der Waals surface area contributed by atoms with E-state index >= 15 is 4.39 Å². The van der Waals surface area contributed by atoms with Crippen molar-refractivity contribution in [1.82, 2.24) is 0 Å². The fourth-order valence-electron chi connectivity index (χ4n) is 5.43. The van der Waals surface area contributed by atoms with Crippen LogP contribution < -0.4 is 10.2 Å². The number of benzene rings is 4. The number of fused-ring (bicyclic) bond motifs is 1. The zero-order valence-corrected chi connectivity index (χ0v) is 19.4. The lowest BCUT2D eigenvalue weighted by Crippen LogP contribution is -2.45. The molecular weight excluding hydrogens is 426 g/mol. The fourth-order valence-corrected chi connectivity index (χ4v) is 5.43. The van der Waals surface area contributed by atoms with Crippen LogP contribution in [0.3, 0.4) is 0 Å². The minimum absolute atomic E-state index is 0.00692. The van der Waals surface area contributed by atoms with Gasteiger partial charge >= 0.3 is 0 Å². The van der Waals surface area contributed by atoms with Crippen molar-refractivity contribution < 1.29 is 8.78 Å². The largest absolute Gasteiger partial charge is 0.388 e. The summed E-state index contributed by atoms with van der Waals surface area (Å²) in [6.07, 6.45) is 0.763. The van der Waals surface area contributed by atoms with E-state index in [0.29, 0.717) is 5.56 Å². The predicted octanol–water partition coefficient (Wildman–Crippen LogP) is 6.98. The topological polar surface area (TPSA) is 15.3 Å². The molecule has 3 atom stereocenters. The summed E-state index contributed by atoms with van der Waals surface area (Å²) < 4.78 is 30.0. The molecule has 34 heavy (non-hydrogen) atoms. The van der Waals surface area contributed by atoms with Crippen LogP contribution in [0, 0.1) is 11.6 Å². The van der Waals surface area contributed by atoms with Crippen LogP contribution in [0.2, 0.25) is 0 Å². The van der Waals surface area contributed by atoms with Gasteiger partial charge in [0.2, 0.25) is 0 Å². The van der Waals surface area contributed by atoms with E-state index in [9.17, 15) is 4.39 Å². The van der Waals surface area contributed by atoms with E-state index in [1.165, 1.54) is 11.6 Å². The van der Waals surface area contributed by atoms with Gasteiger partial charge in [-0.25, -0.2) is 8.78 Å². The van der Waals surface area contributed by atoms with Gasteiger partial charge in [-0.1, -0.05) is 72.8 Å². The molecule has 0 fully saturated rings. The van der Waals surface area contributed by atoms with Crippen molar-refractivity contribution >= 4 is 11.4 Å². The summed E-state index contributed by atoms with van der Waals surface area (Å²) in [5.41, 5.74) is 5.46. The Morgan fingerprint density at radius 2 is 1.47 bits per heavy atom. The highest BCUT2D eigenvalue weighted by Gasteiger charge is 2.42. The van der Waals surface area contributed by atoms with Crippen LogP contribution in [0.4, 0.5) is 20.2 Å². The highest BCUT2D eigenvalue weighted by atomic mass is 19.1. The molecule has 172 valence electrons. The quantitative estimate of drug-likeness (QED) is 0.350. The third-order valence-electron chi connectivity index (χ3n) is 7.07. The maximum absolute atomic E-state index is 15.6. The van der Waals surface area contributed by atoms with Crippen molar-refractivity contribution in [2.24, 2.45) is 0 Å². The van der Waals surface area contributed by atoms with Crippen LogP contribution in [-0.4, -0.2) is 20.1 Å². The number of hydrogen-bond acceptors (Lipinski definition) is 2. The van der Waals surface area contributed by atoms with Gasteiger partial charge in [0.05, 0.1) is 0 Å². The average Bonchev–Trinajstić information content (AvgIpc) is 2.87. The second-order valence-electron chi connectivity index (χ2n) is 8.97. The van der Waals surface area contributed by atoms with Gasteiger partial charge < -0.3 is 10.2 Å². The maximum Gasteiger partial charge on any atom is 0.129 e. The van der Waals surface area contributed by atoms with Crippen molar-refractivity contribution in [3.8, 4) is 0 Å². The minimum atomic E-state index is -0.285. The molecular formula is C30H28F2N2. The van der Waals surface area contributed by atoms with E-state index in [1.54, 1.807) is 19.2 Å². The Hall–Kier alpha value is -3.66. The van der Waals surface area contributed by atoms with E-state index in [0.717, 1.165) is 28.9 Å². The number of nitrogens with zero attached hydrogens (tertiary/aromatic N) is 1. The second kappa shape index (κ2) is 9.30. The highest BCUT2D eigenvalue weighted by Crippen LogP contribution is 2.51. The molecule has 0 spiro atoms. The van der Waals surface area contributed by atoms with Crippen molar-refractivity contribution in [3.63, 3.8) is 0 Å². The maximum atomic E-state index is 15.6. The summed E-state index contributed by atoms with van der Waals surface area (Å²) in [7, 11) is 3.81. The standard InChI is InChI=1S/C30H28F2N2/c1-33-23-14-16-24(26(32)19-23)30-25-15-13-22(31)18-27(25)34(2)28(17-20-9-5-3-6-10-20)29(30)21-11-7-4-8-12-21/h3-16,18-19,28-30,33H,17H2,1-2H3/t28-,29-,30+/m0/s1. The number of halogens is 2. The number of anilines is 2. The van der Waals surface area contributed by atoms with Gasteiger partial charge in [-0.15, -0.1) is 0 Å². The third-order valence-corrected chi connectivity index (χ3v) is 7.07. The summed E-state index contributed by atoms with van der Waals surface area (Å²) in [5.74, 6) is -0.823. The molecule has 0 saturated carbocycles. The van der Waals surface area contributed by atoms with Crippen molar-refractivity contribution in [2.75, 3.05) is 24.3 Å². The van der Waals surface area contributed by atoms with Crippen LogP contribution in [-0.2, 0) is 6.42 Å². The summed E-state index contributed by atoms with van der Waals surface area (Å²) in [6.45, 7) is 0. The van der Waals surface area contributed by atoms with Gasteiger partial charge in [-0.2, -0.15) is 0 Å². The molecule has 2 nitrogen and oxygen atoms in total. The van der Waals surface area contributed by atoms with E-state index in [4.69, 9.17) is 0 Å². The Kier molecular flexibility index (Phi) is 6.06. The lowest BCUT2D eigenvalue weighted by Gasteiger charge is -2.47. The normalized spacial score (nSPS) is 19.5. The Bertz CT molecular complexity index is 1270. The molecule has 1 N–H and O–H groups in total. The lowest BCUT2D eigenvalue weighted by molar-refractivity contribution is 0.432. The van der Waals surface area contributed by atoms with Crippen molar-refractivity contribution in [3.05, 3.63) is 131 Å². The molecule has 0 aromatic heterocycles. The number of nitrogens with one attached hydrogen (secondary N) is 1. The second-order valence-corrected chi connectivity index (χ2v) is 8.97. The van der Waals surface area contributed by atoms with Gasteiger partial charge in [0.15, 0.2) is 0 Å². The molecule has 4 heteroatoms. The van der Waals surface area contributed by atoms with E-state index < -0.39 is 0 Å². The summed E-state index contributed by atoms with van der Waals surface area (Å²) >= 11 is 0. The first-order chi connectivity index (χ1) is 16.6. The van der Waals surface area contributed by atoms with Gasteiger partial charge in [0, 0.05) is 43.3 Å². The Balaban J connectivity index is 1.74. The summed E-state index contributed by atoms with van der Waals surface area (Å²) in [6, 6.07) is 30.9. The van der Waals surface area contributed by atoms with Crippen LogP contribution in [0.5, 0.6) is 0 Å². The zero-order valence-electron chi connectivity index (χ0n) is 19.4. The predicted molar refractivity (Wildman–Crippen MR) is 136 cm³/mol. The molecule has 0 unspecified atom stereocenters. The molecule has 4 aromatic carbocycles. The Morgan fingerprint density at radius 3 is 2.15 bits per heavy atom. The first kappa shape index (κ1) is 22.1. The number of hydrogen-bond donors (Lipinski definition) is 1. The summed E-state index contributed by atoms with van der Waals surface area (Å²) in [4.78, 5) is 2.18. The molecule has 0 aliphatic carbocycles. The molecule has 1 aliphatic heterocycles. The SMILES string of the molecule is CNc1ccc([C@@H]2c3ccc(F)cc3N(C)[C@@H](Cc3ccccc3)[C@@H]2c2ccccc2)c(F)c1. The van der Waals surface area contributed by atoms with E-state index in [2.05, 4.69) is 34.5 Å². The van der Waals surface area contributed by atoms with Crippen LogP contribution >= 0.6 is 0 Å². The molecule has 0 radical (unpaired) electrons. The molecule has 1 aliphatic rings.